The Kier molecular flexibility index (Phi) is 4.53. The fraction of sp³-hybridized carbons (Fsp3) is 0.118. The van der Waals surface area contributed by atoms with Crippen LogP contribution in [0.2, 0.25) is 5.02 Å². The number of benzene rings is 2. The van der Waals surface area contributed by atoms with Gasteiger partial charge < -0.3 is 13.9 Å². The van der Waals surface area contributed by atoms with Gasteiger partial charge in [0, 0.05) is 12.1 Å². The SMILES string of the molecule is O=C(Nc1nnc([C@H]2COc3ccccc3O2)o1)c1cc([N+](=O)[O-])ccc1Cl. The van der Waals surface area contributed by atoms with Gasteiger partial charge in [0.1, 0.15) is 6.61 Å². The maximum absolute atomic E-state index is 12.4. The maximum atomic E-state index is 12.4. The average molecular weight is 403 g/mol. The summed E-state index contributed by atoms with van der Waals surface area (Å²) in [5.41, 5.74) is -0.367. The molecule has 2 heterocycles. The van der Waals surface area contributed by atoms with Crippen molar-refractivity contribution in [1.82, 2.24) is 10.2 Å². The first-order valence-electron chi connectivity index (χ1n) is 7.98. The molecule has 0 aliphatic carbocycles. The molecule has 0 saturated carbocycles. The van der Waals surface area contributed by atoms with Gasteiger partial charge in [-0.3, -0.25) is 20.2 Å². The zero-order chi connectivity index (χ0) is 19.7. The van der Waals surface area contributed by atoms with Gasteiger partial charge in [0.2, 0.25) is 6.10 Å². The number of aromatic nitrogens is 2. The van der Waals surface area contributed by atoms with Gasteiger partial charge in [-0.15, -0.1) is 5.10 Å². The van der Waals surface area contributed by atoms with E-state index < -0.39 is 16.9 Å². The highest BCUT2D eigenvalue weighted by Gasteiger charge is 2.28. The Bertz CT molecular complexity index is 1070. The molecule has 0 unspecified atom stereocenters. The molecule has 2 aromatic carbocycles. The van der Waals surface area contributed by atoms with E-state index in [9.17, 15) is 14.9 Å². The van der Waals surface area contributed by atoms with Crippen LogP contribution in [0, 0.1) is 10.1 Å². The number of nitro benzene ring substituents is 1. The number of hydrogen-bond acceptors (Lipinski definition) is 8. The van der Waals surface area contributed by atoms with E-state index in [4.69, 9.17) is 25.5 Å². The fourth-order valence-electron chi connectivity index (χ4n) is 2.52. The van der Waals surface area contributed by atoms with Crippen LogP contribution in [0.5, 0.6) is 11.5 Å². The van der Waals surface area contributed by atoms with Crippen molar-refractivity contribution < 1.29 is 23.6 Å². The third kappa shape index (κ3) is 3.45. The molecule has 142 valence electrons. The highest BCUT2D eigenvalue weighted by Crippen LogP contribution is 2.35. The van der Waals surface area contributed by atoms with Crippen molar-refractivity contribution in [2.75, 3.05) is 11.9 Å². The minimum atomic E-state index is -0.727. The van der Waals surface area contributed by atoms with Gasteiger partial charge in [-0.2, -0.15) is 0 Å². The predicted octanol–water partition coefficient (Wildman–Crippen LogP) is 3.40. The van der Waals surface area contributed by atoms with Crippen molar-refractivity contribution in [3.05, 3.63) is 69.1 Å². The number of ether oxygens (including phenoxy) is 2. The molecule has 1 aromatic heterocycles. The lowest BCUT2D eigenvalue weighted by molar-refractivity contribution is -0.384. The largest absolute Gasteiger partial charge is 0.485 e. The summed E-state index contributed by atoms with van der Waals surface area (Å²) in [4.78, 5) is 22.6. The summed E-state index contributed by atoms with van der Waals surface area (Å²) in [7, 11) is 0. The summed E-state index contributed by atoms with van der Waals surface area (Å²) in [5, 5.41) is 20.9. The Morgan fingerprint density at radius 3 is 2.79 bits per heavy atom. The van der Waals surface area contributed by atoms with Crippen LogP contribution >= 0.6 is 11.6 Å². The second-order valence-corrected chi connectivity index (χ2v) is 6.09. The van der Waals surface area contributed by atoms with Crippen molar-refractivity contribution in [3.8, 4) is 11.5 Å². The maximum Gasteiger partial charge on any atom is 0.322 e. The van der Waals surface area contributed by atoms with Crippen molar-refractivity contribution in [2.24, 2.45) is 0 Å². The van der Waals surface area contributed by atoms with Gasteiger partial charge in [-0.05, 0) is 18.2 Å². The van der Waals surface area contributed by atoms with Crippen molar-refractivity contribution in [1.29, 1.82) is 0 Å². The predicted molar refractivity (Wildman–Crippen MR) is 95.7 cm³/mol. The van der Waals surface area contributed by atoms with E-state index in [0.717, 1.165) is 6.07 Å². The lowest BCUT2D eigenvalue weighted by atomic mass is 10.2. The van der Waals surface area contributed by atoms with E-state index in [0.29, 0.717) is 11.5 Å². The molecule has 1 aliphatic heterocycles. The number of nitro groups is 1. The summed E-state index contributed by atoms with van der Waals surface area (Å²) in [6.07, 6.45) is -0.644. The van der Waals surface area contributed by atoms with Crippen LogP contribution in [-0.2, 0) is 0 Å². The zero-order valence-corrected chi connectivity index (χ0v) is 14.8. The van der Waals surface area contributed by atoms with Crippen LogP contribution in [0.25, 0.3) is 0 Å². The molecule has 3 aromatic rings. The smallest absolute Gasteiger partial charge is 0.322 e. The Morgan fingerprint density at radius 1 is 1.21 bits per heavy atom. The number of nitrogens with zero attached hydrogens (tertiary/aromatic N) is 3. The molecule has 0 spiro atoms. The molecule has 28 heavy (non-hydrogen) atoms. The number of rotatable bonds is 4. The summed E-state index contributed by atoms with van der Waals surface area (Å²) in [5.74, 6) is 0.517. The van der Waals surface area contributed by atoms with E-state index in [-0.39, 0.29) is 34.8 Å². The third-order valence-electron chi connectivity index (χ3n) is 3.85. The van der Waals surface area contributed by atoms with Crippen LogP contribution in [0.1, 0.15) is 22.4 Å². The summed E-state index contributed by atoms with van der Waals surface area (Å²) in [6.45, 7) is 0.156. The number of fused-ring (bicyclic) bond motifs is 1. The first kappa shape index (κ1) is 17.7. The van der Waals surface area contributed by atoms with Gasteiger partial charge >= 0.3 is 6.01 Å². The molecule has 1 aliphatic rings. The second-order valence-electron chi connectivity index (χ2n) is 5.69. The van der Waals surface area contributed by atoms with E-state index >= 15 is 0 Å². The number of halogens is 1. The van der Waals surface area contributed by atoms with E-state index in [1.807, 2.05) is 6.07 Å². The Morgan fingerprint density at radius 2 is 2.00 bits per heavy atom. The topological polar surface area (TPSA) is 130 Å². The summed E-state index contributed by atoms with van der Waals surface area (Å²) < 4.78 is 16.7. The quantitative estimate of drug-likeness (QED) is 0.519. The molecule has 4 rings (SSSR count). The number of carbonyl (C=O) groups is 1. The third-order valence-corrected chi connectivity index (χ3v) is 4.18. The standard InChI is InChI=1S/C17H11ClN4O6/c18-11-6-5-9(22(24)25)7-10(11)15(23)19-17-21-20-16(28-17)14-8-26-12-3-1-2-4-13(12)27-14/h1-7,14H,8H2,(H,19,21,23)/t14-/m1/s1. The number of hydrogen-bond donors (Lipinski definition) is 1. The van der Waals surface area contributed by atoms with Crippen molar-refractivity contribution in [2.45, 2.75) is 6.10 Å². The van der Waals surface area contributed by atoms with Gasteiger partial charge in [0.25, 0.3) is 17.5 Å². The van der Waals surface area contributed by atoms with Crippen LogP contribution in [0.15, 0.2) is 46.9 Å². The first-order valence-corrected chi connectivity index (χ1v) is 8.36. The van der Waals surface area contributed by atoms with Gasteiger partial charge in [0.15, 0.2) is 11.5 Å². The minimum Gasteiger partial charge on any atom is -0.485 e. The molecule has 0 fully saturated rings. The highest BCUT2D eigenvalue weighted by atomic mass is 35.5. The number of nitrogens with one attached hydrogen (secondary N) is 1. The normalized spacial score (nSPS) is 15.1. The first-order chi connectivity index (χ1) is 13.5. The number of carbonyl (C=O) groups excluding carboxylic acids is 1. The molecular formula is C17H11ClN4O6. The highest BCUT2D eigenvalue weighted by molar-refractivity contribution is 6.34. The molecular weight excluding hydrogens is 392 g/mol. The van der Waals surface area contributed by atoms with Gasteiger partial charge in [-0.1, -0.05) is 28.8 Å². The molecule has 11 heteroatoms. The van der Waals surface area contributed by atoms with E-state index in [1.54, 1.807) is 18.2 Å². The van der Waals surface area contributed by atoms with Crippen molar-refractivity contribution >= 4 is 29.2 Å². The van der Waals surface area contributed by atoms with Gasteiger partial charge in [0.05, 0.1) is 15.5 Å². The average Bonchev–Trinajstić information content (AvgIpc) is 3.16. The molecule has 1 atom stereocenters. The monoisotopic (exact) mass is 402 g/mol. The lowest BCUT2D eigenvalue weighted by Gasteiger charge is -2.23. The minimum absolute atomic E-state index is 0.0449. The van der Waals surface area contributed by atoms with Crippen LogP contribution in [0.3, 0.4) is 0 Å². The number of non-ortho nitro benzene ring substituents is 1. The van der Waals surface area contributed by atoms with Gasteiger partial charge in [-0.25, -0.2) is 0 Å². The zero-order valence-electron chi connectivity index (χ0n) is 14.0. The number of amides is 1. The van der Waals surface area contributed by atoms with Crippen LogP contribution < -0.4 is 14.8 Å². The Labute approximate surface area is 162 Å². The number of anilines is 1. The van der Waals surface area contributed by atoms with Crippen LogP contribution in [0.4, 0.5) is 11.7 Å². The molecule has 0 radical (unpaired) electrons. The second kappa shape index (κ2) is 7.16. The molecule has 1 amide bonds. The molecule has 0 saturated heterocycles. The number of para-hydroxylation sites is 2. The Hall–Kier alpha value is -3.66. The fourth-order valence-corrected chi connectivity index (χ4v) is 2.73. The lowest BCUT2D eigenvalue weighted by Crippen LogP contribution is -2.21. The summed E-state index contributed by atoms with van der Waals surface area (Å²) in [6, 6.07) is 10.4. The molecule has 0 bridgehead atoms. The molecule has 10 nitrogen and oxygen atoms in total. The molecule has 1 N–H and O–H groups in total. The van der Waals surface area contributed by atoms with Crippen molar-refractivity contribution in [3.63, 3.8) is 0 Å². The van der Waals surface area contributed by atoms with E-state index in [2.05, 4.69) is 15.5 Å². The Balaban J connectivity index is 1.49. The summed E-state index contributed by atoms with van der Waals surface area (Å²) >= 11 is 5.95. The van der Waals surface area contributed by atoms with E-state index in [1.165, 1.54) is 12.1 Å². The van der Waals surface area contributed by atoms with Crippen LogP contribution in [-0.4, -0.2) is 27.6 Å².